The maximum absolute atomic E-state index is 14.1. The average molecular weight is 417 g/mol. The molecule has 0 bridgehead atoms. The number of nitrogens with zero attached hydrogens (tertiary/aromatic N) is 1. The highest BCUT2D eigenvalue weighted by atomic mass is 35.5. The summed E-state index contributed by atoms with van der Waals surface area (Å²) in [6, 6.07) is 12.9. The van der Waals surface area contributed by atoms with Crippen molar-refractivity contribution in [3.8, 4) is 0 Å². The fourth-order valence-electron chi connectivity index (χ4n) is 3.67. The maximum atomic E-state index is 14.1. The van der Waals surface area contributed by atoms with Crippen LogP contribution in [0.1, 0.15) is 43.7 Å². The highest BCUT2D eigenvalue weighted by Gasteiger charge is 2.28. The van der Waals surface area contributed by atoms with E-state index in [0.29, 0.717) is 10.6 Å². The summed E-state index contributed by atoms with van der Waals surface area (Å²) in [5, 5.41) is 3.66. The van der Waals surface area contributed by atoms with Crippen molar-refractivity contribution in [2.75, 3.05) is 0 Å². The van der Waals surface area contributed by atoms with Crippen LogP contribution < -0.4 is 5.32 Å². The first-order valence-corrected chi connectivity index (χ1v) is 10.4. The maximum Gasteiger partial charge on any atom is 0.242 e. The smallest absolute Gasteiger partial charge is 0.242 e. The number of halogens is 2. The number of benzene rings is 2. The van der Waals surface area contributed by atoms with E-state index in [9.17, 15) is 14.0 Å². The summed E-state index contributed by atoms with van der Waals surface area (Å²) in [6.07, 6.45) is 4.07. The van der Waals surface area contributed by atoms with Crippen molar-refractivity contribution >= 4 is 23.4 Å². The molecular weight excluding hydrogens is 391 g/mol. The summed E-state index contributed by atoms with van der Waals surface area (Å²) < 4.78 is 14.1. The van der Waals surface area contributed by atoms with E-state index < -0.39 is 11.9 Å². The van der Waals surface area contributed by atoms with Crippen LogP contribution in [-0.2, 0) is 22.6 Å². The van der Waals surface area contributed by atoms with Gasteiger partial charge in [-0.2, -0.15) is 0 Å². The SMILES string of the molecule is C[C@H](C(=O)NC1CCCC1)N(Cc1ccc(Cl)cc1)C(=O)Cc1ccccc1F. The standard InChI is InChI=1S/C23H26ClFN2O2/c1-16(23(29)26-20-7-3-4-8-20)27(15-17-10-12-19(24)13-11-17)22(28)14-18-6-2-5-9-21(18)25/h2,5-6,9-13,16,20H,3-4,7-8,14-15H2,1H3,(H,26,29)/t16-/m1/s1. The van der Waals surface area contributed by atoms with E-state index in [2.05, 4.69) is 5.32 Å². The molecule has 29 heavy (non-hydrogen) atoms. The van der Waals surface area contributed by atoms with Gasteiger partial charge in [0.15, 0.2) is 0 Å². The lowest BCUT2D eigenvalue weighted by Gasteiger charge is -2.30. The first-order chi connectivity index (χ1) is 13.9. The molecule has 3 rings (SSSR count). The third kappa shape index (κ3) is 5.80. The van der Waals surface area contributed by atoms with Gasteiger partial charge in [-0.15, -0.1) is 0 Å². The Labute approximate surface area is 176 Å². The quantitative estimate of drug-likeness (QED) is 0.722. The molecule has 1 N–H and O–H groups in total. The molecule has 2 aromatic carbocycles. The molecule has 1 aliphatic rings. The lowest BCUT2D eigenvalue weighted by Crippen LogP contribution is -2.50. The molecule has 0 spiro atoms. The van der Waals surface area contributed by atoms with Gasteiger partial charge >= 0.3 is 0 Å². The Morgan fingerprint density at radius 2 is 1.79 bits per heavy atom. The van der Waals surface area contributed by atoms with Gasteiger partial charge in [0, 0.05) is 17.6 Å². The first kappa shape index (κ1) is 21.3. The number of hydrogen-bond acceptors (Lipinski definition) is 2. The molecule has 0 radical (unpaired) electrons. The lowest BCUT2D eigenvalue weighted by atomic mass is 10.1. The molecular formula is C23H26ClFN2O2. The summed E-state index contributed by atoms with van der Waals surface area (Å²) in [6.45, 7) is 1.98. The monoisotopic (exact) mass is 416 g/mol. The van der Waals surface area contributed by atoms with Gasteiger partial charge in [0.25, 0.3) is 0 Å². The summed E-state index contributed by atoms with van der Waals surface area (Å²) in [5.41, 5.74) is 1.18. The summed E-state index contributed by atoms with van der Waals surface area (Å²) >= 11 is 5.96. The predicted molar refractivity (Wildman–Crippen MR) is 112 cm³/mol. The zero-order chi connectivity index (χ0) is 20.8. The van der Waals surface area contributed by atoms with Crippen molar-refractivity contribution in [3.05, 3.63) is 70.5 Å². The van der Waals surface area contributed by atoms with Crippen LogP contribution in [0.5, 0.6) is 0 Å². The summed E-state index contributed by atoms with van der Waals surface area (Å²) in [5.74, 6) is -0.887. The van der Waals surface area contributed by atoms with Crippen LogP contribution in [0.3, 0.4) is 0 Å². The number of amides is 2. The molecule has 6 heteroatoms. The molecule has 1 atom stereocenters. The fraction of sp³-hybridized carbons (Fsp3) is 0.391. The number of carbonyl (C=O) groups is 2. The molecule has 1 aliphatic carbocycles. The van der Waals surface area contributed by atoms with E-state index >= 15 is 0 Å². The average Bonchev–Trinajstić information content (AvgIpc) is 3.21. The van der Waals surface area contributed by atoms with Crippen LogP contribution in [0.25, 0.3) is 0 Å². The van der Waals surface area contributed by atoms with E-state index in [1.165, 1.54) is 11.0 Å². The van der Waals surface area contributed by atoms with Gasteiger partial charge in [-0.1, -0.05) is 54.8 Å². The Morgan fingerprint density at radius 1 is 1.14 bits per heavy atom. The molecule has 2 aromatic rings. The summed E-state index contributed by atoms with van der Waals surface area (Å²) in [7, 11) is 0. The third-order valence-electron chi connectivity index (χ3n) is 5.43. The molecule has 0 heterocycles. The molecule has 4 nitrogen and oxygen atoms in total. The second kappa shape index (κ2) is 9.88. The topological polar surface area (TPSA) is 49.4 Å². The number of hydrogen-bond donors (Lipinski definition) is 1. The van der Waals surface area contributed by atoms with Crippen LogP contribution >= 0.6 is 11.6 Å². The minimum absolute atomic E-state index is 0.0959. The summed E-state index contributed by atoms with van der Waals surface area (Å²) in [4.78, 5) is 27.4. The van der Waals surface area contributed by atoms with Gasteiger partial charge in [-0.05, 0) is 49.1 Å². The van der Waals surface area contributed by atoms with Crippen LogP contribution in [-0.4, -0.2) is 28.8 Å². The Balaban J connectivity index is 1.77. The second-order valence-corrected chi connectivity index (χ2v) is 8.02. The van der Waals surface area contributed by atoms with Crippen LogP contribution in [0.2, 0.25) is 5.02 Å². The number of carbonyl (C=O) groups excluding carboxylic acids is 2. The predicted octanol–water partition coefficient (Wildman–Crippen LogP) is 4.50. The van der Waals surface area contributed by atoms with Crippen molar-refractivity contribution < 1.29 is 14.0 Å². The van der Waals surface area contributed by atoms with Crippen molar-refractivity contribution in [1.82, 2.24) is 10.2 Å². The van der Waals surface area contributed by atoms with E-state index in [-0.39, 0.29) is 30.8 Å². The third-order valence-corrected chi connectivity index (χ3v) is 5.69. The largest absolute Gasteiger partial charge is 0.352 e. The molecule has 2 amide bonds. The van der Waals surface area contributed by atoms with E-state index in [1.807, 2.05) is 12.1 Å². The van der Waals surface area contributed by atoms with E-state index in [1.54, 1.807) is 37.3 Å². The lowest BCUT2D eigenvalue weighted by molar-refractivity contribution is -0.140. The number of rotatable bonds is 7. The highest BCUT2D eigenvalue weighted by Crippen LogP contribution is 2.19. The Hall–Kier alpha value is -2.40. The zero-order valence-corrected chi connectivity index (χ0v) is 17.3. The second-order valence-electron chi connectivity index (χ2n) is 7.58. The fourth-order valence-corrected chi connectivity index (χ4v) is 3.79. The van der Waals surface area contributed by atoms with Gasteiger partial charge < -0.3 is 10.2 Å². The number of nitrogens with one attached hydrogen (secondary N) is 1. The molecule has 1 saturated carbocycles. The van der Waals surface area contributed by atoms with Gasteiger partial charge in [-0.25, -0.2) is 4.39 Å². The minimum Gasteiger partial charge on any atom is -0.352 e. The van der Waals surface area contributed by atoms with Gasteiger partial charge in [0.2, 0.25) is 11.8 Å². The van der Waals surface area contributed by atoms with Crippen molar-refractivity contribution in [3.63, 3.8) is 0 Å². The zero-order valence-electron chi connectivity index (χ0n) is 16.5. The van der Waals surface area contributed by atoms with E-state index in [4.69, 9.17) is 11.6 Å². The first-order valence-electron chi connectivity index (χ1n) is 10.0. The molecule has 1 fully saturated rings. The van der Waals surface area contributed by atoms with Gasteiger partial charge in [0.05, 0.1) is 6.42 Å². The van der Waals surface area contributed by atoms with Crippen molar-refractivity contribution in [2.24, 2.45) is 0 Å². The Bertz CT molecular complexity index is 850. The van der Waals surface area contributed by atoms with E-state index in [0.717, 1.165) is 31.2 Å². The highest BCUT2D eigenvalue weighted by molar-refractivity contribution is 6.30. The Kier molecular flexibility index (Phi) is 7.26. The van der Waals surface area contributed by atoms with Crippen molar-refractivity contribution in [1.29, 1.82) is 0 Å². The molecule has 0 unspecified atom stereocenters. The van der Waals surface area contributed by atoms with Gasteiger partial charge in [0.1, 0.15) is 11.9 Å². The van der Waals surface area contributed by atoms with Crippen molar-refractivity contribution in [2.45, 2.75) is 57.7 Å². The molecule has 0 aliphatic heterocycles. The van der Waals surface area contributed by atoms with Crippen LogP contribution in [0, 0.1) is 5.82 Å². The normalized spacial score (nSPS) is 15.1. The van der Waals surface area contributed by atoms with Crippen LogP contribution in [0.15, 0.2) is 48.5 Å². The molecule has 0 aromatic heterocycles. The Morgan fingerprint density at radius 3 is 2.45 bits per heavy atom. The molecule has 0 saturated heterocycles. The van der Waals surface area contributed by atoms with Gasteiger partial charge in [-0.3, -0.25) is 9.59 Å². The van der Waals surface area contributed by atoms with Crippen LogP contribution in [0.4, 0.5) is 4.39 Å². The molecule has 154 valence electrons. The minimum atomic E-state index is -0.662.